The van der Waals surface area contributed by atoms with E-state index in [1.54, 1.807) is 0 Å². The molecule has 0 aliphatic heterocycles. The van der Waals surface area contributed by atoms with Crippen LogP contribution in [0.3, 0.4) is 0 Å². The van der Waals surface area contributed by atoms with Gasteiger partial charge in [0.15, 0.2) is 0 Å². The van der Waals surface area contributed by atoms with Crippen molar-refractivity contribution in [1.82, 2.24) is 0 Å². The van der Waals surface area contributed by atoms with Crippen molar-refractivity contribution in [3.63, 3.8) is 0 Å². The second kappa shape index (κ2) is 14.0. The fourth-order valence-corrected chi connectivity index (χ4v) is 3.22. The van der Waals surface area contributed by atoms with E-state index in [1.165, 1.54) is 77.0 Å². The van der Waals surface area contributed by atoms with Crippen molar-refractivity contribution in [2.24, 2.45) is 17.8 Å². The van der Waals surface area contributed by atoms with Crippen LogP contribution in [0.4, 0.5) is 0 Å². The molecular formula is C20H42. The Labute approximate surface area is 130 Å². The van der Waals surface area contributed by atoms with Gasteiger partial charge in [0.2, 0.25) is 0 Å². The summed E-state index contributed by atoms with van der Waals surface area (Å²) in [4.78, 5) is 0. The van der Waals surface area contributed by atoms with Crippen LogP contribution in [0, 0.1) is 17.8 Å². The van der Waals surface area contributed by atoms with E-state index in [4.69, 9.17) is 0 Å². The van der Waals surface area contributed by atoms with Crippen molar-refractivity contribution in [2.75, 3.05) is 0 Å². The van der Waals surface area contributed by atoms with Crippen molar-refractivity contribution < 1.29 is 0 Å². The van der Waals surface area contributed by atoms with E-state index in [1.807, 2.05) is 0 Å². The Bertz CT molecular complexity index is 184. The van der Waals surface area contributed by atoms with Gasteiger partial charge < -0.3 is 0 Å². The molecule has 0 bridgehead atoms. The summed E-state index contributed by atoms with van der Waals surface area (Å²) in [5.41, 5.74) is 0. The monoisotopic (exact) mass is 282 g/mol. The quantitative estimate of drug-likeness (QED) is 0.287. The van der Waals surface area contributed by atoms with E-state index in [-0.39, 0.29) is 0 Å². The first-order valence-corrected chi connectivity index (χ1v) is 9.60. The fraction of sp³-hybridized carbons (Fsp3) is 1.00. The Kier molecular flexibility index (Phi) is 14.0. The molecule has 0 heteroatoms. The van der Waals surface area contributed by atoms with Crippen LogP contribution in [0.2, 0.25) is 0 Å². The number of hydrogen-bond donors (Lipinski definition) is 0. The molecule has 0 aliphatic rings. The smallest absolute Gasteiger partial charge is 0.0443 e. The molecule has 0 aromatic rings. The molecule has 3 atom stereocenters. The van der Waals surface area contributed by atoms with Crippen molar-refractivity contribution in [3.8, 4) is 0 Å². The molecule has 0 N–H and O–H groups in total. The molecular weight excluding hydrogens is 240 g/mol. The highest BCUT2D eigenvalue weighted by atomic mass is 14.1. The zero-order valence-corrected chi connectivity index (χ0v) is 15.2. The molecule has 0 saturated heterocycles. The minimum atomic E-state index is 0.945. The van der Waals surface area contributed by atoms with Crippen LogP contribution in [0.15, 0.2) is 0 Å². The summed E-state index contributed by atoms with van der Waals surface area (Å²) in [7, 11) is 0. The Morgan fingerprint density at radius 3 is 1.30 bits per heavy atom. The highest BCUT2D eigenvalue weighted by Crippen LogP contribution is 2.22. The number of rotatable bonds is 14. The summed E-state index contributed by atoms with van der Waals surface area (Å²) in [5, 5.41) is 0. The second-order valence-electron chi connectivity index (χ2n) is 7.46. The van der Waals surface area contributed by atoms with E-state index in [0.717, 1.165) is 17.8 Å². The average Bonchev–Trinajstić information content (AvgIpc) is 2.42. The Balaban J connectivity index is 3.40. The normalized spacial score (nSPS) is 16.1. The molecule has 0 fully saturated rings. The minimum absolute atomic E-state index is 0.945. The van der Waals surface area contributed by atoms with Crippen LogP contribution in [0.5, 0.6) is 0 Å². The van der Waals surface area contributed by atoms with Gasteiger partial charge in [-0.1, -0.05) is 112 Å². The third kappa shape index (κ3) is 13.0. The third-order valence-corrected chi connectivity index (χ3v) is 4.88. The lowest BCUT2D eigenvalue weighted by atomic mass is 9.91. The van der Waals surface area contributed by atoms with E-state index in [0.29, 0.717) is 0 Å². The maximum atomic E-state index is 2.46. The highest BCUT2D eigenvalue weighted by Gasteiger charge is 2.07. The first-order valence-electron chi connectivity index (χ1n) is 9.60. The highest BCUT2D eigenvalue weighted by molar-refractivity contribution is 4.60. The molecule has 0 radical (unpaired) electrons. The summed E-state index contributed by atoms with van der Waals surface area (Å²) >= 11 is 0. The van der Waals surface area contributed by atoms with Gasteiger partial charge >= 0.3 is 0 Å². The Morgan fingerprint density at radius 2 is 0.850 bits per heavy atom. The predicted octanol–water partition coefficient (Wildman–Crippen LogP) is 7.62. The molecule has 0 aromatic heterocycles. The molecule has 122 valence electrons. The maximum Gasteiger partial charge on any atom is -0.0443 e. The van der Waals surface area contributed by atoms with Crippen molar-refractivity contribution in [2.45, 2.75) is 112 Å². The van der Waals surface area contributed by atoms with Gasteiger partial charge in [-0.05, 0) is 17.8 Å². The zero-order valence-electron chi connectivity index (χ0n) is 15.2. The lowest BCUT2D eigenvalue weighted by molar-refractivity contribution is 0.374. The van der Waals surface area contributed by atoms with Gasteiger partial charge in [0.25, 0.3) is 0 Å². The summed E-state index contributed by atoms with van der Waals surface area (Å²) in [6.07, 6.45) is 17.2. The van der Waals surface area contributed by atoms with Gasteiger partial charge in [-0.15, -0.1) is 0 Å². The molecule has 3 unspecified atom stereocenters. The van der Waals surface area contributed by atoms with Crippen LogP contribution >= 0.6 is 0 Å². The second-order valence-corrected chi connectivity index (χ2v) is 7.46. The Morgan fingerprint density at radius 1 is 0.450 bits per heavy atom. The average molecular weight is 283 g/mol. The molecule has 0 spiro atoms. The van der Waals surface area contributed by atoms with Crippen LogP contribution < -0.4 is 0 Å². The van der Waals surface area contributed by atoms with E-state index >= 15 is 0 Å². The van der Waals surface area contributed by atoms with E-state index < -0.39 is 0 Å². The minimum Gasteiger partial charge on any atom is -0.0654 e. The Hall–Kier alpha value is 0. The predicted molar refractivity (Wildman–Crippen MR) is 94.2 cm³/mol. The fourth-order valence-electron chi connectivity index (χ4n) is 3.22. The van der Waals surface area contributed by atoms with Gasteiger partial charge in [0.05, 0.1) is 0 Å². The topological polar surface area (TPSA) is 0 Å². The zero-order chi connectivity index (χ0) is 15.2. The molecule has 0 rings (SSSR count). The summed E-state index contributed by atoms with van der Waals surface area (Å²) < 4.78 is 0. The molecule has 0 saturated carbocycles. The molecule has 0 amide bonds. The van der Waals surface area contributed by atoms with E-state index in [2.05, 4.69) is 34.6 Å². The van der Waals surface area contributed by atoms with E-state index in [9.17, 15) is 0 Å². The van der Waals surface area contributed by atoms with Gasteiger partial charge in [-0.3, -0.25) is 0 Å². The third-order valence-electron chi connectivity index (χ3n) is 4.88. The lowest BCUT2D eigenvalue weighted by Gasteiger charge is -2.16. The standard InChI is InChI=1S/C20H42/c1-6-8-9-13-19(4)14-10-11-15-20(5)17-16-18(3)12-7-2/h18-20H,6-17H2,1-5H3. The van der Waals surface area contributed by atoms with Gasteiger partial charge in [-0.2, -0.15) is 0 Å². The number of hydrogen-bond acceptors (Lipinski definition) is 0. The van der Waals surface area contributed by atoms with Crippen LogP contribution in [-0.2, 0) is 0 Å². The van der Waals surface area contributed by atoms with Gasteiger partial charge in [-0.25, -0.2) is 0 Å². The largest absolute Gasteiger partial charge is 0.0654 e. The summed E-state index contributed by atoms with van der Waals surface area (Å²) in [6.45, 7) is 11.9. The molecule has 0 heterocycles. The molecule has 0 aromatic carbocycles. The molecule has 0 aliphatic carbocycles. The van der Waals surface area contributed by atoms with Crippen molar-refractivity contribution >= 4 is 0 Å². The molecule has 20 heavy (non-hydrogen) atoms. The first kappa shape index (κ1) is 20.0. The van der Waals surface area contributed by atoms with Gasteiger partial charge in [0, 0.05) is 0 Å². The SMILES string of the molecule is CCCCCC(C)CCCCC(C)CCC(C)CCC. The van der Waals surface area contributed by atoms with Crippen molar-refractivity contribution in [3.05, 3.63) is 0 Å². The lowest BCUT2D eigenvalue weighted by Crippen LogP contribution is -2.01. The van der Waals surface area contributed by atoms with Crippen molar-refractivity contribution in [1.29, 1.82) is 0 Å². The van der Waals surface area contributed by atoms with Crippen LogP contribution in [0.25, 0.3) is 0 Å². The maximum absolute atomic E-state index is 2.46. The first-order chi connectivity index (χ1) is 9.60. The summed E-state index contributed by atoms with van der Waals surface area (Å²) in [5.74, 6) is 2.85. The molecule has 0 nitrogen and oxygen atoms in total. The van der Waals surface area contributed by atoms with Crippen LogP contribution in [-0.4, -0.2) is 0 Å². The van der Waals surface area contributed by atoms with Crippen LogP contribution in [0.1, 0.15) is 112 Å². The number of unbranched alkanes of at least 4 members (excludes halogenated alkanes) is 3. The summed E-state index contributed by atoms with van der Waals surface area (Å²) in [6, 6.07) is 0. The van der Waals surface area contributed by atoms with Gasteiger partial charge in [0.1, 0.15) is 0 Å².